The summed E-state index contributed by atoms with van der Waals surface area (Å²) in [5.74, 6) is -6.15. The number of phenols is 1. The number of ether oxygens (including phenoxy) is 1. The highest BCUT2D eigenvalue weighted by Gasteiger charge is 2.57. The second kappa shape index (κ2) is 11.3. The number of aromatic hydroxyl groups is 1. The number of nitro benzene ring substituents is 2. The van der Waals surface area contributed by atoms with E-state index < -0.39 is 68.3 Å². The van der Waals surface area contributed by atoms with Crippen molar-refractivity contribution in [3.05, 3.63) is 89.0 Å². The van der Waals surface area contributed by atoms with Gasteiger partial charge in [-0.1, -0.05) is 27.6 Å². The molecule has 1 saturated heterocycles. The van der Waals surface area contributed by atoms with Crippen LogP contribution >= 0.6 is 15.9 Å². The van der Waals surface area contributed by atoms with Gasteiger partial charge in [-0.05, 0) is 43.9 Å². The molecule has 47 heavy (non-hydrogen) atoms. The number of nitrogens with zero attached hydrogens (tertiary/aromatic N) is 4. The number of ketones is 2. The zero-order chi connectivity index (χ0) is 34.2. The molecular formula is C32H27BrN4O10. The van der Waals surface area contributed by atoms with Gasteiger partial charge in [-0.25, -0.2) is 4.90 Å². The van der Waals surface area contributed by atoms with E-state index in [-0.39, 0.29) is 58.0 Å². The number of benzene rings is 2. The molecule has 0 radical (unpaired) electrons. The van der Waals surface area contributed by atoms with Crippen molar-refractivity contribution in [1.29, 1.82) is 0 Å². The average Bonchev–Trinajstić information content (AvgIpc) is 3.28. The number of amides is 2. The number of Topliss-reactive ketones (excluding diaryl/α,β-unsaturated/α-hetero) is 1. The molecule has 2 aromatic carbocycles. The van der Waals surface area contributed by atoms with Crippen molar-refractivity contribution >= 4 is 62.1 Å². The van der Waals surface area contributed by atoms with Gasteiger partial charge in [0.05, 0.1) is 34.5 Å². The van der Waals surface area contributed by atoms with E-state index in [9.17, 15) is 44.5 Å². The second-order valence-electron chi connectivity index (χ2n) is 12.0. The molecule has 1 fully saturated rings. The molecule has 0 aromatic heterocycles. The predicted octanol–water partition coefficient (Wildman–Crippen LogP) is 4.68. The molecular weight excluding hydrogens is 680 g/mol. The largest absolute Gasteiger partial charge is 0.504 e. The molecule has 14 nitrogen and oxygen atoms in total. The van der Waals surface area contributed by atoms with Crippen LogP contribution < -0.4 is 14.5 Å². The molecule has 0 bridgehead atoms. The quantitative estimate of drug-likeness (QED) is 0.144. The minimum absolute atomic E-state index is 0.0412. The van der Waals surface area contributed by atoms with E-state index >= 15 is 0 Å². The van der Waals surface area contributed by atoms with Crippen molar-refractivity contribution < 1.29 is 38.9 Å². The second-order valence-corrected chi connectivity index (χ2v) is 12.9. The van der Waals surface area contributed by atoms with Crippen molar-refractivity contribution in [3.63, 3.8) is 0 Å². The monoisotopic (exact) mass is 706 g/mol. The van der Waals surface area contributed by atoms with Crippen LogP contribution in [0, 0.1) is 38.0 Å². The summed E-state index contributed by atoms with van der Waals surface area (Å²) in [5, 5.41) is 35.3. The van der Waals surface area contributed by atoms with Crippen LogP contribution in [0.15, 0.2) is 63.2 Å². The number of anilines is 2. The maximum Gasteiger partial charge on any atom is 0.301 e. The number of carbonyl (C=O) groups excluding carboxylic acids is 4. The van der Waals surface area contributed by atoms with Gasteiger partial charge in [0.25, 0.3) is 0 Å². The highest BCUT2D eigenvalue weighted by molar-refractivity contribution is 9.10. The first-order valence-corrected chi connectivity index (χ1v) is 15.3. The van der Waals surface area contributed by atoms with E-state index in [2.05, 4.69) is 15.9 Å². The van der Waals surface area contributed by atoms with E-state index in [4.69, 9.17) is 4.74 Å². The molecule has 15 heteroatoms. The number of fused-ring (bicyclic) bond motifs is 3. The van der Waals surface area contributed by atoms with Crippen molar-refractivity contribution in [2.45, 2.75) is 25.7 Å². The smallest absolute Gasteiger partial charge is 0.301 e. The summed E-state index contributed by atoms with van der Waals surface area (Å²) >= 11 is 3.41. The summed E-state index contributed by atoms with van der Waals surface area (Å²) in [4.78, 5) is 79.7. The fourth-order valence-corrected chi connectivity index (χ4v) is 7.87. The number of phenolic OH excluding ortho intramolecular Hbond substituents is 1. The van der Waals surface area contributed by atoms with Gasteiger partial charge < -0.3 is 14.7 Å². The van der Waals surface area contributed by atoms with Crippen LogP contribution in [0.5, 0.6) is 11.5 Å². The minimum atomic E-state index is -1.06. The Balaban J connectivity index is 1.51. The Morgan fingerprint density at radius 2 is 1.64 bits per heavy atom. The Labute approximate surface area is 275 Å². The number of nitro groups is 2. The van der Waals surface area contributed by atoms with Crippen molar-refractivity contribution in [2.24, 2.45) is 17.8 Å². The molecule has 0 spiro atoms. The summed E-state index contributed by atoms with van der Waals surface area (Å²) < 4.78 is 5.87. The number of methoxy groups -OCH3 is 1. The summed E-state index contributed by atoms with van der Waals surface area (Å²) in [6.07, 6.45) is 2.98. The van der Waals surface area contributed by atoms with E-state index in [0.717, 1.165) is 17.0 Å². The summed E-state index contributed by atoms with van der Waals surface area (Å²) in [6.45, 7) is 1.51. The molecule has 6 rings (SSSR count). The number of allylic oxidation sites excluding steroid dienone is 6. The van der Waals surface area contributed by atoms with Crippen LogP contribution in [-0.4, -0.2) is 59.5 Å². The Kier molecular flexibility index (Phi) is 7.62. The lowest BCUT2D eigenvalue weighted by molar-refractivity contribution is -0.392. The third-order valence-electron chi connectivity index (χ3n) is 9.32. The molecule has 0 saturated carbocycles. The van der Waals surface area contributed by atoms with E-state index in [1.54, 1.807) is 12.1 Å². The Hall–Kier alpha value is -5.18. The molecule has 1 heterocycles. The number of hydrogen-bond donors (Lipinski definition) is 1. The van der Waals surface area contributed by atoms with Crippen LogP contribution in [0.3, 0.4) is 0 Å². The normalized spacial score (nSPS) is 23.6. The SMILES string of the molecule is COc1cc(Br)cc(C2C3=CCC4C(=O)N(c5cc([N+](=O)[O-])c(N(C)C)c([N+](=O)[O-])c5)C(=O)C4C3CC3=C2C(=O)C=C(C)C3=O)c1O. The summed E-state index contributed by atoms with van der Waals surface area (Å²) in [5.41, 5.74) is -0.584. The van der Waals surface area contributed by atoms with E-state index in [0.29, 0.717) is 10.0 Å². The van der Waals surface area contributed by atoms with Crippen LogP contribution in [0.4, 0.5) is 22.7 Å². The third kappa shape index (κ3) is 4.75. The maximum atomic E-state index is 14.3. The lowest BCUT2D eigenvalue weighted by Gasteiger charge is -2.42. The third-order valence-corrected chi connectivity index (χ3v) is 9.77. The fraction of sp³-hybridized carbons (Fsp3) is 0.312. The Bertz CT molecular complexity index is 1930. The van der Waals surface area contributed by atoms with Crippen LogP contribution in [0.2, 0.25) is 0 Å². The lowest BCUT2D eigenvalue weighted by Crippen LogP contribution is -2.39. The molecule has 1 N–H and O–H groups in total. The molecule has 4 aliphatic rings. The Morgan fingerprint density at radius 1 is 1.00 bits per heavy atom. The molecule has 3 aliphatic carbocycles. The maximum absolute atomic E-state index is 14.3. The predicted molar refractivity (Wildman–Crippen MR) is 170 cm³/mol. The first-order chi connectivity index (χ1) is 22.2. The number of carbonyl (C=O) groups is 4. The van der Waals surface area contributed by atoms with Gasteiger partial charge in [-0.2, -0.15) is 0 Å². The van der Waals surface area contributed by atoms with Gasteiger partial charge in [0.15, 0.2) is 28.8 Å². The topological polar surface area (TPSA) is 190 Å². The van der Waals surface area contributed by atoms with Crippen molar-refractivity contribution in [3.8, 4) is 11.5 Å². The zero-order valence-electron chi connectivity index (χ0n) is 25.5. The van der Waals surface area contributed by atoms with E-state index in [1.807, 2.05) is 0 Å². The molecule has 4 unspecified atom stereocenters. The molecule has 4 atom stereocenters. The zero-order valence-corrected chi connectivity index (χ0v) is 27.1. The molecule has 2 amide bonds. The molecule has 2 aromatic rings. The van der Waals surface area contributed by atoms with Crippen LogP contribution in [0.1, 0.15) is 31.2 Å². The lowest BCUT2D eigenvalue weighted by atomic mass is 9.59. The van der Waals surface area contributed by atoms with Gasteiger partial charge in [-0.15, -0.1) is 0 Å². The van der Waals surface area contributed by atoms with Gasteiger partial charge in [0.1, 0.15) is 0 Å². The standard InChI is InChI=1S/C32H27BrN4O10/c1-13-7-23(38)27-20(29(13)39)12-18-16(25(27)19-8-14(33)9-24(47-4)30(19)40)5-6-17-26(18)32(42)35(31(17)41)15-10-21(36(43)44)28(34(2)3)22(11-15)37(45)46/h5,7-11,17-18,25-26,40H,6,12H2,1-4H3. The van der Waals surface area contributed by atoms with E-state index in [1.165, 1.54) is 45.2 Å². The van der Waals surface area contributed by atoms with Crippen LogP contribution in [0.25, 0.3) is 0 Å². The number of imide groups is 1. The van der Waals surface area contributed by atoms with Gasteiger partial charge in [-0.3, -0.25) is 39.4 Å². The Morgan fingerprint density at radius 3 is 2.21 bits per heavy atom. The molecule has 242 valence electrons. The average molecular weight is 707 g/mol. The number of hydrogen-bond acceptors (Lipinski definition) is 11. The molecule has 1 aliphatic heterocycles. The summed E-state index contributed by atoms with van der Waals surface area (Å²) in [6, 6.07) is 5.08. The summed E-state index contributed by atoms with van der Waals surface area (Å²) in [7, 11) is 4.17. The number of halogens is 1. The fourth-order valence-electron chi connectivity index (χ4n) is 7.42. The van der Waals surface area contributed by atoms with Gasteiger partial charge in [0, 0.05) is 58.9 Å². The highest BCUT2D eigenvalue weighted by atomic mass is 79.9. The highest BCUT2D eigenvalue weighted by Crippen LogP contribution is 2.57. The van der Waals surface area contributed by atoms with Crippen molar-refractivity contribution in [1.82, 2.24) is 0 Å². The van der Waals surface area contributed by atoms with Crippen molar-refractivity contribution in [2.75, 3.05) is 31.0 Å². The first-order valence-electron chi connectivity index (χ1n) is 14.5. The minimum Gasteiger partial charge on any atom is -0.504 e. The number of rotatable bonds is 6. The van der Waals surface area contributed by atoms with Crippen LogP contribution in [-0.2, 0) is 19.2 Å². The van der Waals surface area contributed by atoms with Gasteiger partial charge in [0.2, 0.25) is 11.8 Å². The van der Waals surface area contributed by atoms with Gasteiger partial charge >= 0.3 is 11.4 Å². The first kappa shape index (κ1) is 31.8.